The Morgan fingerprint density at radius 1 is 1.32 bits per heavy atom. The van der Waals surface area contributed by atoms with Gasteiger partial charge >= 0.3 is 0 Å². The number of aryl methyl sites for hydroxylation is 1. The second-order valence-corrected chi connectivity index (χ2v) is 5.72. The van der Waals surface area contributed by atoms with Crippen molar-refractivity contribution >= 4 is 29.5 Å². The third kappa shape index (κ3) is 2.32. The van der Waals surface area contributed by atoms with Crippen molar-refractivity contribution in [2.24, 2.45) is 15.9 Å². The molecule has 0 spiro atoms. The van der Waals surface area contributed by atoms with Gasteiger partial charge in [0.25, 0.3) is 0 Å². The van der Waals surface area contributed by atoms with Gasteiger partial charge < -0.3 is 5.32 Å². The van der Waals surface area contributed by atoms with Crippen molar-refractivity contribution in [1.82, 2.24) is 5.32 Å². The van der Waals surface area contributed by atoms with Gasteiger partial charge in [-0.2, -0.15) is 0 Å². The van der Waals surface area contributed by atoms with Crippen molar-refractivity contribution in [3.8, 4) is 0 Å². The van der Waals surface area contributed by atoms with E-state index in [-0.39, 0.29) is 11.3 Å². The third-order valence-electron chi connectivity index (χ3n) is 3.40. The maximum absolute atomic E-state index is 4.58. The Kier molecular flexibility index (Phi) is 3.42. The molecule has 0 saturated heterocycles. The summed E-state index contributed by atoms with van der Waals surface area (Å²) in [6.45, 7) is 4.97. The molecule has 0 unspecified atom stereocenters. The molecule has 2 aliphatic rings. The van der Waals surface area contributed by atoms with E-state index in [1.807, 2.05) is 0 Å². The Morgan fingerprint density at radius 3 is 2.84 bits per heavy atom. The smallest absolute Gasteiger partial charge is 0.115 e. The Bertz CT molecular complexity index is 557. The van der Waals surface area contributed by atoms with E-state index in [1.54, 1.807) is 18.1 Å². The Labute approximate surface area is 117 Å². The molecule has 2 aliphatic heterocycles. The summed E-state index contributed by atoms with van der Waals surface area (Å²) in [4.78, 5) is 9.09. The van der Waals surface area contributed by atoms with Crippen LogP contribution in [0.1, 0.15) is 18.1 Å². The number of aliphatic imine (C=N–C) groups is 2. The van der Waals surface area contributed by atoms with Crippen molar-refractivity contribution in [2.75, 3.05) is 6.54 Å². The van der Waals surface area contributed by atoms with Crippen LogP contribution in [-0.2, 0) is 0 Å². The van der Waals surface area contributed by atoms with E-state index < -0.39 is 0 Å². The second-order valence-electron chi connectivity index (χ2n) is 4.73. The molecule has 0 fully saturated rings. The molecule has 1 N–H and O–H groups in total. The van der Waals surface area contributed by atoms with Crippen molar-refractivity contribution in [3.05, 3.63) is 40.8 Å². The molecule has 2 atom stereocenters. The Hall–Kier alpha value is -1.55. The molecule has 0 aliphatic carbocycles. The number of hydrogen-bond donors (Lipinski definition) is 1. The molecule has 4 heteroatoms. The van der Waals surface area contributed by atoms with Gasteiger partial charge in [0, 0.05) is 6.54 Å². The minimum atomic E-state index is 0.239. The summed E-state index contributed by atoms with van der Waals surface area (Å²) >= 11 is 1.78. The number of nitrogens with zero attached hydrogens (tertiary/aromatic N) is 2. The number of hydrogen-bond acceptors (Lipinski definition) is 3. The lowest BCUT2D eigenvalue weighted by Crippen LogP contribution is -2.39. The van der Waals surface area contributed by atoms with Gasteiger partial charge in [-0.1, -0.05) is 29.8 Å². The molecule has 0 bridgehead atoms. The third-order valence-corrected chi connectivity index (χ3v) is 4.46. The summed E-state index contributed by atoms with van der Waals surface area (Å²) in [5.41, 5.74) is 3.88. The highest BCUT2D eigenvalue weighted by Crippen LogP contribution is 2.43. The lowest BCUT2D eigenvalue weighted by molar-refractivity contribution is 0.790. The summed E-state index contributed by atoms with van der Waals surface area (Å²) in [6.07, 6.45) is 1.77. The number of amidine groups is 1. The van der Waals surface area contributed by atoms with Crippen LogP contribution in [0.15, 0.2) is 39.7 Å². The zero-order chi connectivity index (χ0) is 13.2. The van der Waals surface area contributed by atoms with Gasteiger partial charge in [0.05, 0.1) is 12.3 Å². The van der Waals surface area contributed by atoms with Crippen molar-refractivity contribution in [3.63, 3.8) is 0 Å². The Morgan fingerprint density at radius 2 is 2.11 bits per heavy atom. The van der Waals surface area contributed by atoms with Crippen molar-refractivity contribution in [1.29, 1.82) is 0 Å². The summed E-state index contributed by atoms with van der Waals surface area (Å²) in [5.74, 6) is 1.30. The molecular weight excluding hydrogens is 254 g/mol. The van der Waals surface area contributed by atoms with Crippen LogP contribution >= 0.6 is 11.8 Å². The molecule has 1 aromatic carbocycles. The molecule has 0 aromatic heterocycles. The summed E-state index contributed by atoms with van der Waals surface area (Å²) in [7, 11) is 0. The highest BCUT2D eigenvalue weighted by Gasteiger charge is 2.36. The van der Waals surface area contributed by atoms with E-state index in [9.17, 15) is 0 Å². The lowest BCUT2D eigenvalue weighted by Gasteiger charge is -2.25. The number of benzene rings is 1. The average Bonchev–Trinajstić information content (AvgIpc) is 2.85. The van der Waals surface area contributed by atoms with Crippen LogP contribution in [0.4, 0.5) is 0 Å². The van der Waals surface area contributed by atoms with Gasteiger partial charge in [0.2, 0.25) is 0 Å². The van der Waals surface area contributed by atoms with Crippen LogP contribution in [0.5, 0.6) is 0 Å². The van der Waals surface area contributed by atoms with Crippen LogP contribution in [-0.4, -0.2) is 24.1 Å². The lowest BCUT2D eigenvalue weighted by atomic mass is 9.91. The predicted octanol–water partition coefficient (Wildman–Crippen LogP) is 3.07. The normalized spacial score (nSPS) is 27.1. The van der Waals surface area contributed by atoms with Gasteiger partial charge in [-0.25, -0.2) is 0 Å². The molecule has 0 amide bonds. The maximum atomic E-state index is 4.58. The number of thioether (sulfide) groups is 1. The first-order valence-electron chi connectivity index (χ1n) is 6.54. The summed E-state index contributed by atoms with van der Waals surface area (Å²) in [6, 6.07) is 8.69. The van der Waals surface area contributed by atoms with E-state index in [0.29, 0.717) is 0 Å². The second kappa shape index (κ2) is 5.21. The van der Waals surface area contributed by atoms with Crippen LogP contribution in [0, 0.1) is 12.8 Å². The van der Waals surface area contributed by atoms with Crippen LogP contribution in [0.3, 0.4) is 0 Å². The monoisotopic (exact) mass is 271 g/mol. The van der Waals surface area contributed by atoms with E-state index >= 15 is 0 Å². The standard InChI is InChI=1S/C15H17N3S/c1-3-16-14-13-12(8-19-15(13)18-9-17-14)11-6-4-10(2)5-7-11/h4-9,13,15H,3H2,1-2H3,(H,16,17,18)/t13-,15-/m0/s1. The van der Waals surface area contributed by atoms with Crippen molar-refractivity contribution in [2.45, 2.75) is 19.2 Å². The number of rotatable bonds is 2. The van der Waals surface area contributed by atoms with Crippen LogP contribution in [0.2, 0.25) is 0 Å². The van der Waals surface area contributed by atoms with Gasteiger partial charge in [-0.05, 0) is 30.4 Å². The van der Waals surface area contributed by atoms with Gasteiger partial charge in [-0.15, -0.1) is 11.8 Å². The fraction of sp³-hybridized carbons (Fsp3) is 0.333. The molecule has 19 heavy (non-hydrogen) atoms. The SMILES string of the molecule is CCN=C1NC=N[C@H]2SC=C(c3ccc(C)cc3)[C@@H]12. The molecule has 1 aromatic rings. The van der Waals surface area contributed by atoms with E-state index in [4.69, 9.17) is 0 Å². The molecule has 3 nitrogen and oxygen atoms in total. The largest absolute Gasteiger partial charge is 0.335 e. The molecule has 98 valence electrons. The minimum Gasteiger partial charge on any atom is -0.335 e. The molecule has 0 radical (unpaired) electrons. The summed E-state index contributed by atoms with van der Waals surface area (Å²) < 4.78 is 0. The van der Waals surface area contributed by atoms with E-state index in [1.165, 1.54) is 16.7 Å². The van der Waals surface area contributed by atoms with Crippen molar-refractivity contribution < 1.29 is 0 Å². The van der Waals surface area contributed by atoms with Crippen LogP contribution in [0.25, 0.3) is 5.57 Å². The minimum absolute atomic E-state index is 0.239. The van der Waals surface area contributed by atoms with E-state index in [2.05, 4.69) is 58.8 Å². The predicted molar refractivity (Wildman–Crippen MR) is 83.6 cm³/mol. The van der Waals surface area contributed by atoms with Gasteiger partial charge in [0.15, 0.2) is 0 Å². The first kappa shape index (κ1) is 12.5. The molecule has 2 heterocycles. The highest BCUT2D eigenvalue weighted by atomic mass is 32.2. The van der Waals surface area contributed by atoms with Gasteiger partial charge in [0.1, 0.15) is 11.2 Å². The molecule has 0 saturated carbocycles. The quantitative estimate of drug-likeness (QED) is 0.897. The maximum Gasteiger partial charge on any atom is 0.115 e. The van der Waals surface area contributed by atoms with Gasteiger partial charge in [-0.3, -0.25) is 9.98 Å². The fourth-order valence-electron chi connectivity index (χ4n) is 2.43. The highest BCUT2D eigenvalue weighted by molar-refractivity contribution is 8.03. The number of fused-ring (bicyclic) bond motifs is 1. The topological polar surface area (TPSA) is 36.8 Å². The number of nitrogens with one attached hydrogen (secondary N) is 1. The molecular formula is C15H17N3S. The zero-order valence-electron chi connectivity index (χ0n) is 11.1. The molecule has 3 rings (SSSR count). The van der Waals surface area contributed by atoms with Crippen LogP contribution < -0.4 is 5.32 Å². The van der Waals surface area contributed by atoms with E-state index in [0.717, 1.165) is 12.4 Å². The first-order chi connectivity index (χ1) is 9.29. The fourth-order valence-corrected chi connectivity index (χ4v) is 3.56. The zero-order valence-corrected chi connectivity index (χ0v) is 11.9. The first-order valence-corrected chi connectivity index (χ1v) is 7.49. The summed E-state index contributed by atoms with van der Waals surface area (Å²) in [5, 5.41) is 5.68. The Balaban J connectivity index is 1.96. The average molecular weight is 271 g/mol.